The summed E-state index contributed by atoms with van der Waals surface area (Å²) in [5.41, 5.74) is 0.739. The van der Waals surface area contributed by atoms with Gasteiger partial charge in [0.1, 0.15) is 17.7 Å². The van der Waals surface area contributed by atoms with E-state index in [1.54, 1.807) is 38.7 Å². The van der Waals surface area contributed by atoms with E-state index in [0.29, 0.717) is 23.1 Å². The van der Waals surface area contributed by atoms with Crippen LogP contribution in [-0.2, 0) is 27.2 Å². The molecule has 1 aromatic heterocycles. The Bertz CT molecular complexity index is 1070. The number of alkyl carbamates (subject to hydrolysis) is 1. The third-order valence-corrected chi connectivity index (χ3v) is 7.22. The molecule has 1 aromatic carbocycles. The largest absolute Gasteiger partial charge is 0.444 e. The van der Waals surface area contributed by atoms with Gasteiger partial charge in [-0.15, -0.1) is 0 Å². The minimum atomic E-state index is -0.996. The lowest BCUT2D eigenvalue weighted by Crippen LogP contribution is -2.57. The van der Waals surface area contributed by atoms with Crippen molar-refractivity contribution in [2.24, 2.45) is 5.92 Å². The maximum atomic E-state index is 13.6. The number of carbonyl (C=O) groups excluding carboxylic acids is 3. The van der Waals surface area contributed by atoms with Gasteiger partial charge in [-0.25, -0.2) is 9.78 Å². The van der Waals surface area contributed by atoms with E-state index in [9.17, 15) is 19.5 Å². The molecule has 4 atom stereocenters. The molecule has 0 aliphatic carbocycles. The van der Waals surface area contributed by atoms with Crippen molar-refractivity contribution in [1.29, 1.82) is 0 Å². The Morgan fingerprint density at radius 3 is 2.17 bits per heavy atom. The molecule has 10 nitrogen and oxygen atoms in total. The fraction of sp³-hybridized carbons (Fsp3) is 0.600. The number of aliphatic hydroxyl groups is 1. The van der Waals surface area contributed by atoms with Crippen molar-refractivity contribution in [2.45, 2.75) is 103 Å². The van der Waals surface area contributed by atoms with Gasteiger partial charge in [0.05, 0.1) is 18.5 Å². The molecule has 0 bridgehead atoms. The number of aromatic nitrogens is 2. The second kappa shape index (κ2) is 16.4. The number of aliphatic hydroxyl groups excluding tert-OH is 1. The fourth-order valence-corrected chi connectivity index (χ4v) is 4.93. The number of rotatable bonds is 15. The van der Waals surface area contributed by atoms with Gasteiger partial charge >= 0.3 is 6.09 Å². The molecule has 228 valence electrons. The molecule has 0 saturated heterocycles. The number of nitrogens with zero attached hydrogens (tertiary/aromatic N) is 1. The van der Waals surface area contributed by atoms with E-state index in [0.717, 1.165) is 5.56 Å². The van der Waals surface area contributed by atoms with Crippen molar-refractivity contribution in [3.05, 3.63) is 54.1 Å². The molecule has 0 aliphatic heterocycles. The summed E-state index contributed by atoms with van der Waals surface area (Å²) in [6.07, 6.45) is 2.53. The van der Waals surface area contributed by atoms with Crippen LogP contribution < -0.4 is 16.0 Å². The quantitative estimate of drug-likeness (QED) is 0.213. The summed E-state index contributed by atoms with van der Waals surface area (Å²) in [6, 6.07) is 6.82. The van der Waals surface area contributed by atoms with Crippen LogP contribution in [0.25, 0.3) is 0 Å². The molecule has 0 fully saturated rings. The molecule has 0 spiro atoms. The maximum absolute atomic E-state index is 13.6. The summed E-state index contributed by atoms with van der Waals surface area (Å²) < 4.78 is 5.40. The second-order valence-electron chi connectivity index (χ2n) is 11.9. The van der Waals surface area contributed by atoms with Gasteiger partial charge in [0.25, 0.3) is 0 Å². The minimum absolute atomic E-state index is 0.146. The molecule has 5 N–H and O–H groups in total. The molecule has 0 unspecified atom stereocenters. The first-order chi connectivity index (χ1) is 19.2. The van der Waals surface area contributed by atoms with Crippen molar-refractivity contribution >= 4 is 29.7 Å². The Balaban J connectivity index is 2.27. The SMILES string of the molecule is CC(C)C[C@H](NC(=O)[C@H](Cc1cnc[nH]1)NC(=O)[C@H](Cc1ccccc1)NC(=O)OC(C)(C)C)[C@@H](O)CSC(C)C. The van der Waals surface area contributed by atoms with Crippen LogP contribution in [0, 0.1) is 5.92 Å². The molecule has 41 heavy (non-hydrogen) atoms. The highest BCUT2D eigenvalue weighted by Crippen LogP contribution is 2.17. The van der Waals surface area contributed by atoms with Crippen LogP contribution in [0.15, 0.2) is 42.9 Å². The van der Waals surface area contributed by atoms with Crippen LogP contribution in [0.1, 0.15) is 66.1 Å². The van der Waals surface area contributed by atoms with Crippen molar-refractivity contribution in [2.75, 3.05) is 5.75 Å². The third-order valence-electron chi connectivity index (χ3n) is 6.02. The number of benzene rings is 1. The lowest BCUT2D eigenvalue weighted by atomic mass is 9.99. The van der Waals surface area contributed by atoms with Crippen LogP contribution >= 0.6 is 11.8 Å². The zero-order chi connectivity index (χ0) is 30.6. The number of imidazole rings is 1. The Morgan fingerprint density at radius 1 is 0.976 bits per heavy atom. The first-order valence-electron chi connectivity index (χ1n) is 14.1. The van der Waals surface area contributed by atoms with Crippen molar-refractivity contribution < 1.29 is 24.2 Å². The lowest BCUT2D eigenvalue weighted by Gasteiger charge is -2.29. The molecular formula is C30H47N5O5S. The standard InChI is InChI=1S/C30H47N5O5S/c1-19(2)13-23(26(36)17-41-20(3)4)33-28(38)25(15-22-16-31-18-32-22)34-27(37)24(14-21-11-9-8-10-12-21)35-29(39)40-30(5,6)7/h8-12,16,18-20,23-26,36H,13-15,17H2,1-7H3,(H,31,32)(H,33,38)(H,34,37)(H,35,39)/t23-,24-,25-,26-/m0/s1. The third kappa shape index (κ3) is 13.4. The highest BCUT2D eigenvalue weighted by Gasteiger charge is 2.31. The number of ether oxygens (including phenoxy) is 1. The monoisotopic (exact) mass is 589 g/mol. The summed E-state index contributed by atoms with van der Waals surface area (Å²) in [6.45, 7) is 13.4. The average molecular weight is 590 g/mol. The smallest absolute Gasteiger partial charge is 0.408 e. The molecule has 2 rings (SSSR count). The number of aromatic amines is 1. The first-order valence-corrected chi connectivity index (χ1v) is 15.2. The van der Waals surface area contributed by atoms with Gasteiger partial charge in [0, 0.05) is 30.5 Å². The fourth-order valence-electron chi connectivity index (χ4n) is 4.12. The van der Waals surface area contributed by atoms with E-state index < -0.39 is 47.7 Å². The van der Waals surface area contributed by atoms with Gasteiger partial charge < -0.3 is 30.8 Å². The van der Waals surface area contributed by atoms with E-state index in [1.165, 1.54) is 6.33 Å². The number of amides is 3. The molecule has 0 aliphatic rings. The van der Waals surface area contributed by atoms with Crippen LogP contribution in [0.2, 0.25) is 0 Å². The highest BCUT2D eigenvalue weighted by atomic mass is 32.2. The number of hydrogen-bond acceptors (Lipinski definition) is 7. The zero-order valence-electron chi connectivity index (χ0n) is 25.3. The molecule has 0 radical (unpaired) electrons. The highest BCUT2D eigenvalue weighted by molar-refractivity contribution is 7.99. The predicted octanol–water partition coefficient (Wildman–Crippen LogP) is 3.61. The lowest BCUT2D eigenvalue weighted by molar-refractivity contribution is -0.130. The summed E-state index contributed by atoms with van der Waals surface area (Å²) in [5.74, 6) is -0.252. The zero-order valence-corrected chi connectivity index (χ0v) is 26.1. The van der Waals surface area contributed by atoms with Crippen LogP contribution in [-0.4, -0.2) is 73.8 Å². The van der Waals surface area contributed by atoms with Gasteiger partial charge in [-0.3, -0.25) is 9.59 Å². The second-order valence-corrected chi connectivity index (χ2v) is 13.5. The molecule has 11 heteroatoms. The number of thioether (sulfide) groups is 1. The summed E-state index contributed by atoms with van der Waals surface area (Å²) in [4.78, 5) is 46.9. The number of carbonyl (C=O) groups is 3. The number of nitrogens with one attached hydrogen (secondary N) is 4. The normalized spacial score (nSPS) is 14.7. The van der Waals surface area contributed by atoms with Crippen LogP contribution in [0.4, 0.5) is 4.79 Å². The minimum Gasteiger partial charge on any atom is -0.444 e. The topological polar surface area (TPSA) is 145 Å². The van der Waals surface area contributed by atoms with Gasteiger partial charge in [-0.1, -0.05) is 58.0 Å². The first kappa shape index (κ1) is 34.2. The van der Waals surface area contributed by atoms with Crippen LogP contribution in [0.5, 0.6) is 0 Å². The van der Waals surface area contributed by atoms with E-state index in [2.05, 4.69) is 39.8 Å². The van der Waals surface area contributed by atoms with E-state index in [1.807, 2.05) is 44.2 Å². The average Bonchev–Trinajstić information content (AvgIpc) is 3.38. The van der Waals surface area contributed by atoms with Crippen molar-refractivity contribution in [3.63, 3.8) is 0 Å². The van der Waals surface area contributed by atoms with Crippen LogP contribution in [0.3, 0.4) is 0 Å². The van der Waals surface area contributed by atoms with E-state index in [-0.39, 0.29) is 18.8 Å². The molecule has 3 amide bonds. The maximum Gasteiger partial charge on any atom is 0.408 e. The molecule has 1 heterocycles. The number of H-pyrrole nitrogens is 1. The summed E-state index contributed by atoms with van der Waals surface area (Å²) in [7, 11) is 0. The summed E-state index contributed by atoms with van der Waals surface area (Å²) in [5, 5.41) is 19.8. The number of hydrogen-bond donors (Lipinski definition) is 5. The Labute approximate surface area is 248 Å². The van der Waals surface area contributed by atoms with Gasteiger partial charge in [0.15, 0.2) is 0 Å². The Hall–Kier alpha value is -3.05. The van der Waals surface area contributed by atoms with E-state index >= 15 is 0 Å². The van der Waals surface area contributed by atoms with Gasteiger partial charge in [-0.2, -0.15) is 11.8 Å². The molecule has 0 saturated carbocycles. The van der Waals surface area contributed by atoms with Gasteiger partial charge in [-0.05, 0) is 43.9 Å². The molecule has 2 aromatic rings. The van der Waals surface area contributed by atoms with Crippen molar-refractivity contribution in [3.8, 4) is 0 Å². The molecular weight excluding hydrogens is 542 g/mol. The summed E-state index contributed by atoms with van der Waals surface area (Å²) >= 11 is 1.62. The predicted molar refractivity (Wildman–Crippen MR) is 163 cm³/mol. The Morgan fingerprint density at radius 2 is 1.61 bits per heavy atom. The van der Waals surface area contributed by atoms with Gasteiger partial charge in [0.2, 0.25) is 11.8 Å². The Kier molecular flexibility index (Phi) is 13.7. The van der Waals surface area contributed by atoms with E-state index in [4.69, 9.17) is 4.74 Å². The van der Waals surface area contributed by atoms with Crippen molar-refractivity contribution in [1.82, 2.24) is 25.9 Å².